The van der Waals surface area contributed by atoms with Crippen LogP contribution in [-0.4, -0.2) is 30.1 Å². The number of fused-ring (bicyclic) bond motifs is 1. The van der Waals surface area contributed by atoms with Gasteiger partial charge in [0.1, 0.15) is 9.90 Å². The first kappa shape index (κ1) is 19.6. The lowest BCUT2D eigenvalue weighted by molar-refractivity contribution is 0.0642. The first-order valence-electron chi connectivity index (χ1n) is 8.45. The summed E-state index contributed by atoms with van der Waals surface area (Å²) < 4.78 is 27.9. The number of aryl methyl sites for hydroxylation is 1. The molecule has 0 bridgehead atoms. The van der Waals surface area contributed by atoms with Gasteiger partial charge in [0, 0.05) is 11.1 Å². The fourth-order valence-electron chi connectivity index (χ4n) is 2.90. The molecular formula is C19H14ClN3O4S2. The van der Waals surface area contributed by atoms with Crippen LogP contribution in [0.15, 0.2) is 52.9 Å². The standard InChI is InChI=1S/C19H14ClN3O4S2/c1-11-4-6-15(14(20)9-11)22-29(26,27)16-7-5-12(28-16)10-23-18(24)13-3-2-8-21-17(13)19(23)25/h2-9,22H,10H2,1H3. The molecule has 10 heteroatoms. The van der Waals surface area contributed by atoms with Gasteiger partial charge in [0.05, 0.1) is 22.8 Å². The topological polar surface area (TPSA) is 96.4 Å². The molecule has 1 aromatic carbocycles. The Balaban J connectivity index is 1.54. The molecule has 3 aromatic rings. The van der Waals surface area contributed by atoms with Crippen LogP contribution in [0.2, 0.25) is 5.02 Å². The van der Waals surface area contributed by atoms with E-state index in [9.17, 15) is 18.0 Å². The number of sulfonamides is 1. The molecule has 29 heavy (non-hydrogen) atoms. The van der Waals surface area contributed by atoms with E-state index in [0.29, 0.717) is 9.90 Å². The maximum absolute atomic E-state index is 12.7. The summed E-state index contributed by atoms with van der Waals surface area (Å²) in [5, 5.41) is 0.295. The third kappa shape index (κ3) is 3.64. The maximum Gasteiger partial charge on any atom is 0.280 e. The van der Waals surface area contributed by atoms with Crippen LogP contribution in [-0.2, 0) is 16.6 Å². The predicted molar refractivity (Wildman–Crippen MR) is 110 cm³/mol. The lowest BCUT2D eigenvalue weighted by Crippen LogP contribution is -2.28. The van der Waals surface area contributed by atoms with Crippen molar-refractivity contribution < 1.29 is 18.0 Å². The summed E-state index contributed by atoms with van der Waals surface area (Å²) in [5.41, 5.74) is 1.54. The summed E-state index contributed by atoms with van der Waals surface area (Å²) in [6.45, 7) is 1.82. The summed E-state index contributed by atoms with van der Waals surface area (Å²) in [4.78, 5) is 30.4. The molecule has 0 spiro atoms. The first-order valence-corrected chi connectivity index (χ1v) is 11.1. The second kappa shape index (κ2) is 7.25. The number of nitrogens with one attached hydrogen (secondary N) is 1. The van der Waals surface area contributed by atoms with E-state index in [4.69, 9.17) is 11.6 Å². The molecule has 0 atom stereocenters. The van der Waals surface area contributed by atoms with Gasteiger partial charge in [-0.05, 0) is 48.9 Å². The number of aromatic nitrogens is 1. The summed E-state index contributed by atoms with van der Waals surface area (Å²) >= 11 is 7.08. The molecule has 4 rings (SSSR count). The highest BCUT2D eigenvalue weighted by Gasteiger charge is 2.36. The van der Waals surface area contributed by atoms with Crippen LogP contribution < -0.4 is 4.72 Å². The molecule has 7 nitrogen and oxygen atoms in total. The van der Waals surface area contributed by atoms with Gasteiger partial charge in [-0.15, -0.1) is 11.3 Å². The molecule has 0 fully saturated rings. The van der Waals surface area contributed by atoms with Crippen LogP contribution in [0.1, 0.15) is 31.3 Å². The highest BCUT2D eigenvalue weighted by Crippen LogP contribution is 2.30. The lowest BCUT2D eigenvalue weighted by atomic mass is 10.2. The number of amides is 2. The predicted octanol–water partition coefficient (Wildman–Crippen LogP) is 3.70. The van der Waals surface area contributed by atoms with Crippen molar-refractivity contribution in [3.05, 3.63) is 75.4 Å². The van der Waals surface area contributed by atoms with Gasteiger partial charge < -0.3 is 0 Å². The molecule has 2 aromatic heterocycles. The zero-order valence-electron chi connectivity index (χ0n) is 15.0. The number of nitrogens with zero attached hydrogens (tertiary/aromatic N) is 2. The Kier molecular flexibility index (Phi) is 4.89. The van der Waals surface area contributed by atoms with E-state index < -0.39 is 21.8 Å². The number of carbonyl (C=O) groups is 2. The van der Waals surface area contributed by atoms with Crippen molar-refractivity contribution in [1.82, 2.24) is 9.88 Å². The molecule has 0 unspecified atom stereocenters. The zero-order chi connectivity index (χ0) is 20.8. The molecule has 1 aliphatic heterocycles. The third-order valence-electron chi connectivity index (χ3n) is 4.32. The van der Waals surface area contributed by atoms with E-state index in [1.54, 1.807) is 36.4 Å². The Labute approximate surface area is 176 Å². The Morgan fingerprint density at radius 1 is 1.14 bits per heavy atom. The van der Waals surface area contributed by atoms with Gasteiger partial charge in [0.15, 0.2) is 0 Å². The highest BCUT2D eigenvalue weighted by atomic mass is 35.5. The van der Waals surface area contributed by atoms with Crippen LogP contribution in [0.4, 0.5) is 5.69 Å². The number of thiophene rings is 1. The Bertz CT molecular complexity index is 1220. The average molecular weight is 448 g/mol. The number of halogens is 1. The van der Waals surface area contributed by atoms with Gasteiger partial charge in [-0.1, -0.05) is 17.7 Å². The number of hydrogen-bond donors (Lipinski definition) is 1. The van der Waals surface area contributed by atoms with E-state index in [0.717, 1.165) is 21.8 Å². The molecule has 0 aliphatic carbocycles. The quantitative estimate of drug-likeness (QED) is 0.601. The van der Waals surface area contributed by atoms with Crippen LogP contribution in [0.3, 0.4) is 0 Å². The number of rotatable bonds is 5. The number of benzene rings is 1. The minimum atomic E-state index is -3.86. The average Bonchev–Trinajstić information content (AvgIpc) is 3.25. The fraction of sp³-hybridized carbons (Fsp3) is 0.105. The molecular weight excluding hydrogens is 434 g/mol. The van der Waals surface area contributed by atoms with Crippen molar-refractivity contribution in [1.29, 1.82) is 0 Å². The Hall–Kier alpha value is -2.75. The molecule has 1 aliphatic rings. The van der Waals surface area contributed by atoms with E-state index >= 15 is 0 Å². The van der Waals surface area contributed by atoms with E-state index in [2.05, 4.69) is 9.71 Å². The minimum absolute atomic E-state index is 0.0283. The van der Waals surface area contributed by atoms with Crippen molar-refractivity contribution in [2.45, 2.75) is 17.7 Å². The number of pyridine rings is 1. The van der Waals surface area contributed by atoms with Gasteiger partial charge >= 0.3 is 0 Å². The zero-order valence-corrected chi connectivity index (χ0v) is 17.4. The number of carbonyl (C=O) groups excluding carboxylic acids is 2. The molecule has 2 amide bonds. The SMILES string of the molecule is Cc1ccc(NS(=O)(=O)c2ccc(CN3C(=O)c4cccnc4C3=O)s2)c(Cl)c1. The fourth-order valence-corrected chi connectivity index (χ4v) is 5.66. The van der Waals surface area contributed by atoms with E-state index in [1.807, 2.05) is 6.92 Å². The van der Waals surface area contributed by atoms with Crippen LogP contribution in [0, 0.1) is 6.92 Å². The highest BCUT2D eigenvalue weighted by molar-refractivity contribution is 7.94. The Morgan fingerprint density at radius 3 is 2.66 bits per heavy atom. The number of anilines is 1. The first-order chi connectivity index (χ1) is 13.8. The summed E-state index contributed by atoms with van der Waals surface area (Å²) in [5.74, 6) is -0.937. The van der Waals surface area contributed by atoms with E-state index in [-0.39, 0.29) is 27.7 Å². The van der Waals surface area contributed by atoms with Gasteiger partial charge in [-0.3, -0.25) is 24.2 Å². The van der Waals surface area contributed by atoms with Crippen molar-refractivity contribution in [3.63, 3.8) is 0 Å². The maximum atomic E-state index is 12.7. The second-order valence-electron chi connectivity index (χ2n) is 6.41. The molecule has 0 saturated heterocycles. The van der Waals surface area contributed by atoms with Crippen LogP contribution >= 0.6 is 22.9 Å². The van der Waals surface area contributed by atoms with Gasteiger partial charge in [0.2, 0.25) is 0 Å². The van der Waals surface area contributed by atoms with Crippen LogP contribution in [0.25, 0.3) is 0 Å². The minimum Gasteiger partial charge on any atom is -0.277 e. The molecule has 0 saturated carbocycles. The van der Waals surface area contributed by atoms with Gasteiger partial charge in [-0.25, -0.2) is 8.42 Å². The second-order valence-corrected chi connectivity index (χ2v) is 9.89. The molecule has 148 valence electrons. The van der Waals surface area contributed by atoms with Crippen LogP contribution in [0.5, 0.6) is 0 Å². The van der Waals surface area contributed by atoms with Crippen molar-refractivity contribution in [2.75, 3.05) is 4.72 Å². The normalized spacial score (nSPS) is 13.7. The van der Waals surface area contributed by atoms with Gasteiger partial charge in [0.25, 0.3) is 21.8 Å². The summed E-state index contributed by atoms with van der Waals surface area (Å²) in [6, 6.07) is 11.1. The van der Waals surface area contributed by atoms with Crippen molar-refractivity contribution in [3.8, 4) is 0 Å². The van der Waals surface area contributed by atoms with Crippen molar-refractivity contribution >= 4 is 50.5 Å². The molecule has 1 N–H and O–H groups in total. The van der Waals surface area contributed by atoms with E-state index in [1.165, 1.54) is 12.3 Å². The van der Waals surface area contributed by atoms with Crippen molar-refractivity contribution in [2.24, 2.45) is 0 Å². The molecule has 0 radical (unpaired) electrons. The molecule has 3 heterocycles. The van der Waals surface area contributed by atoms with Gasteiger partial charge in [-0.2, -0.15) is 0 Å². The third-order valence-corrected chi connectivity index (χ3v) is 7.56. The summed E-state index contributed by atoms with van der Waals surface area (Å²) in [6.07, 6.45) is 1.45. The number of imide groups is 1. The lowest BCUT2D eigenvalue weighted by Gasteiger charge is -2.12. The Morgan fingerprint density at radius 2 is 1.93 bits per heavy atom. The monoisotopic (exact) mass is 447 g/mol. The largest absolute Gasteiger partial charge is 0.280 e. The smallest absolute Gasteiger partial charge is 0.277 e. The summed E-state index contributed by atoms with van der Waals surface area (Å²) in [7, 11) is -3.86. The number of hydrogen-bond acceptors (Lipinski definition) is 6.